The Bertz CT molecular complexity index is 474. The van der Waals surface area contributed by atoms with Gasteiger partial charge in [-0.25, -0.2) is 4.79 Å². The second kappa shape index (κ2) is 6.17. The van der Waals surface area contributed by atoms with Gasteiger partial charge in [0, 0.05) is 12.6 Å². The molecule has 1 fully saturated rings. The summed E-state index contributed by atoms with van der Waals surface area (Å²) >= 11 is 0. The van der Waals surface area contributed by atoms with E-state index < -0.39 is 5.97 Å². The van der Waals surface area contributed by atoms with Crippen LogP contribution >= 0.6 is 0 Å². The molecule has 2 rings (SSSR count). The van der Waals surface area contributed by atoms with Crippen LogP contribution < -0.4 is 5.32 Å². The molecule has 0 aliphatic carbocycles. The van der Waals surface area contributed by atoms with Crippen molar-refractivity contribution < 1.29 is 14.6 Å². The van der Waals surface area contributed by atoms with Gasteiger partial charge in [-0.05, 0) is 31.7 Å². The Balaban J connectivity index is 2.12. The van der Waals surface area contributed by atoms with Crippen LogP contribution in [0.5, 0.6) is 0 Å². The summed E-state index contributed by atoms with van der Waals surface area (Å²) in [5.41, 5.74) is 0.0479. The zero-order valence-electron chi connectivity index (χ0n) is 11.9. The lowest BCUT2D eigenvalue weighted by atomic mass is 9.86. The lowest BCUT2D eigenvalue weighted by Crippen LogP contribution is -2.44. The first kappa shape index (κ1) is 14.7. The third kappa shape index (κ3) is 3.07. The van der Waals surface area contributed by atoms with Crippen molar-refractivity contribution in [2.24, 2.45) is 0 Å². The number of nitrogens with one attached hydrogen (secondary N) is 1. The molecule has 6 nitrogen and oxygen atoms in total. The minimum Gasteiger partial charge on any atom is -0.478 e. The van der Waals surface area contributed by atoms with Crippen molar-refractivity contribution in [1.82, 2.24) is 10.2 Å². The fourth-order valence-electron chi connectivity index (χ4n) is 2.70. The standard InChI is InChI=1S/C14H21N3O3/c1-3-14(4-2)9-10(6-8-20-14)16-12-11(13(18)19)5-7-15-17-12/h5,7,10H,3-4,6,8-9H2,1-2H3,(H,16,17)(H,18,19). The first-order chi connectivity index (χ1) is 9.60. The van der Waals surface area contributed by atoms with Gasteiger partial charge in [-0.1, -0.05) is 13.8 Å². The van der Waals surface area contributed by atoms with E-state index in [1.54, 1.807) is 0 Å². The summed E-state index contributed by atoms with van der Waals surface area (Å²) in [6.07, 6.45) is 5.00. The van der Waals surface area contributed by atoms with Gasteiger partial charge in [0.05, 0.1) is 11.8 Å². The van der Waals surface area contributed by atoms with E-state index in [2.05, 4.69) is 29.4 Å². The molecule has 2 heterocycles. The van der Waals surface area contributed by atoms with Crippen LogP contribution in [0, 0.1) is 0 Å². The molecule has 1 aliphatic rings. The van der Waals surface area contributed by atoms with Gasteiger partial charge in [0.1, 0.15) is 5.56 Å². The molecule has 0 bridgehead atoms. The average molecular weight is 279 g/mol. The maximum atomic E-state index is 11.2. The maximum absolute atomic E-state index is 11.2. The summed E-state index contributed by atoms with van der Waals surface area (Å²) in [5.74, 6) is -0.653. The van der Waals surface area contributed by atoms with Gasteiger partial charge in [0.2, 0.25) is 0 Å². The van der Waals surface area contributed by atoms with Crippen molar-refractivity contribution in [3.8, 4) is 0 Å². The van der Waals surface area contributed by atoms with Gasteiger partial charge >= 0.3 is 5.97 Å². The van der Waals surface area contributed by atoms with Gasteiger partial charge in [0.25, 0.3) is 0 Å². The van der Waals surface area contributed by atoms with Crippen molar-refractivity contribution in [2.75, 3.05) is 11.9 Å². The molecule has 1 atom stereocenters. The first-order valence-electron chi connectivity index (χ1n) is 7.05. The van der Waals surface area contributed by atoms with Gasteiger partial charge < -0.3 is 15.2 Å². The van der Waals surface area contributed by atoms with Crippen LogP contribution in [0.2, 0.25) is 0 Å². The molecular weight excluding hydrogens is 258 g/mol. The molecule has 110 valence electrons. The van der Waals surface area contributed by atoms with E-state index in [0.29, 0.717) is 12.4 Å². The highest BCUT2D eigenvalue weighted by Gasteiger charge is 2.35. The first-order valence-corrected chi connectivity index (χ1v) is 7.05. The summed E-state index contributed by atoms with van der Waals surface area (Å²) in [6.45, 7) is 4.93. The quantitative estimate of drug-likeness (QED) is 0.860. The average Bonchev–Trinajstić information content (AvgIpc) is 2.47. The van der Waals surface area contributed by atoms with Crippen LogP contribution in [0.4, 0.5) is 5.82 Å². The molecule has 0 amide bonds. The van der Waals surface area contributed by atoms with E-state index in [0.717, 1.165) is 25.7 Å². The number of nitrogens with zero attached hydrogens (tertiary/aromatic N) is 2. The molecule has 2 N–H and O–H groups in total. The highest BCUT2D eigenvalue weighted by molar-refractivity contribution is 5.92. The van der Waals surface area contributed by atoms with E-state index in [-0.39, 0.29) is 17.2 Å². The molecule has 1 aromatic rings. The third-order valence-corrected chi connectivity index (χ3v) is 4.07. The van der Waals surface area contributed by atoms with Crippen LogP contribution in [-0.4, -0.2) is 39.5 Å². The van der Waals surface area contributed by atoms with Crippen molar-refractivity contribution in [1.29, 1.82) is 0 Å². The summed E-state index contributed by atoms with van der Waals surface area (Å²) in [6, 6.07) is 1.63. The fourth-order valence-corrected chi connectivity index (χ4v) is 2.70. The summed E-state index contributed by atoms with van der Waals surface area (Å²) in [4.78, 5) is 11.2. The lowest BCUT2D eigenvalue weighted by Gasteiger charge is -2.40. The molecule has 1 aliphatic heterocycles. The van der Waals surface area contributed by atoms with E-state index in [1.807, 2.05) is 0 Å². The number of carboxylic acids is 1. The minimum atomic E-state index is -0.994. The Morgan fingerprint density at radius 3 is 2.95 bits per heavy atom. The predicted molar refractivity (Wildman–Crippen MR) is 74.9 cm³/mol. The molecular formula is C14H21N3O3. The number of ether oxygens (including phenoxy) is 1. The van der Waals surface area contributed by atoms with Gasteiger partial charge in [-0.3, -0.25) is 0 Å². The number of hydrogen-bond acceptors (Lipinski definition) is 5. The second-order valence-corrected chi connectivity index (χ2v) is 5.17. The molecule has 0 aromatic carbocycles. The summed E-state index contributed by atoms with van der Waals surface area (Å²) < 4.78 is 5.92. The van der Waals surface area contributed by atoms with E-state index in [4.69, 9.17) is 9.84 Å². The maximum Gasteiger partial charge on any atom is 0.339 e. The highest BCUT2D eigenvalue weighted by atomic mass is 16.5. The second-order valence-electron chi connectivity index (χ2n) is 5.17. The molecule has 1 aromatic heterocycles. The topological polar surface area (TPSA) is 84.3 Å². The fraction of sp³-hybridized carbons (Fsp3) is 0.643. The number of carbonyl (C=O) groups is 1. The molecule has 1 unspecified atom stereocenters. The van der Waals surface area contributed by atoms with Crippen molar-refractivity contribution >= 4 is 11.8 Å². The summed E-state index contributed by atoms with van der Waals surface area (Å²) in [5, 5.41) is 20.1. The van der Waals surface area contributed by atoms with E-state index in [9.17, 15) is 4.79 Å². The number of aromatic nitrogens is 2. The van der Waals surface area contributed by atoms with Crippen molar-refractivity contribution in [3.63, 3.8) is 0 Å². The number of carboxylic acid groups (broad SMARTS) is 1. The normalized spacial score (nSPS) is 21.4. The lowest BCUT2D eigenvalue weighted by molar-refractivity contribution is -0.0864. The summed E-state index contributed by atoms with van der Waals surface area (Å²) in [7, 11) is 0. The SMILES string of the molecule is CCC1(CC)CC(Nc2nnccc2C(=O)O)CCO1. The monoisotopic (exact) mass is 279 g/mol. The molecule has 6 heteroatoms. The number of aromatic carboxylic acids is 1. The minimum absolute atomic E-state index is 0.110. The van der Waals surface area contributed by atoms with Crippen LogP contribution in [0.1, 0.15) is 49.9 Å². The zero-order valence-corrected chi connectivity index (χ0v) is 11.9. The number of anilines is 1. The highest BCUT2D eigenvalue weighted by Crippen LogP contribution is 2.32. The van der Waals surface area contributed by atoms with Crippen LogP contribution in [0.3, 0.4) is 0 Å². The van der Waals surface area contributed by atoms with Crippen LogP contribution in [0.25, 0.3) is 0 Å². The largest absolute Gasteiger partial charge is 0.478 e. The molecule has 0 radical (unpaired) electrons. The zero-order chi connectivity index (χ0) is 14.6. The Morgan fingerprint density at radius 2 is 2.30 bits per heavy atom. The van der Waals surface area contributed by atoms with Gasteiger partial charge in [0.15, 0.2) is 5.82 Å². The Labute approximate surface area is 118 Å². The van der Waals surface area contributed by atoms with Crippen molar-refractivity contribution in [3.05, 3.63) is 17.8 Å². The predicted octanol–water partition coefficient (Wildman–Crippen LogP) is 2.32. The van der Waals surface area contributed by atoms with Crippen molar-refractivity contribution in [2.45, 2.75) is 51.2 Å². The van der Waals surface area contributed by atoms with Crippen LogP contribution in [0.15, 0.2) is 12.3 Å². The van der Waals surface area contributed by atoms with Crippen LogP contribution in [-0.2, 0) is 4.74 Å². The Kier molecular flexibility index (Phi) is 4.54. The van der Waals surface area contributed by atoms with Gasteiger partial charge in [-0.15, -0.1) is 5.10 Å². The smallest absolute Gasteiger partial charge is 0.339 e. The number of rotatable bonds is 5. The van der Waals surface area contributed by atoms with E-state index >= 15 is 0 Å². The molecule has 0 spiro atoms. The van der Waals surface area contributed by atoms with Gasteiger partial charge in [-0.2, -0.15) is 5.10 Å². The molecule has 1 saturated heterocycles. The molecule has 0 saturated carbocycles. The molecule has 20 heavy (non-hydrogen) atoms. The van der Waals surface area contributed by atoms with E-state index in [1.165, 1.54) is 12.3 Å². The Hall–Kier alpha value is -1.69. The third-order valence-electron chi connectivity index (χ3n) is 4.07. The number of hydrogen-bond donors (Lipinski definition) is 2. The Morgan fingerprint density at radius 1 is 1.55 bits per heavy atom.